The van der Waals surface area contributed by atoms with Crippen molar-refractivity contribution in [2.75, 3.05) is 17.2 Å². The molecule has 22 heavy (non-hydrogen) atoms. The molecule has 3 heterocycles. The Balaban J connectivity index is 1.77. The van der Waals surface area contributed by atoms with Gasteiger partial charge in [-0.3, -0.25) is 9.69 Å². The van der Waals surface area contributed by atoms with E-state index in [1.54, 1.807) is 33.2 Å². The molecule has 1 fully saturated rings. The summed E-state index contributed by atoms with van der Waals surface area (Å²) in [5.41, 5.74) is 0. The molecular formula is C13H16N4O3S2. The number of carbonyl (C=O) groups is 1. The summed E-state index contributed by atoms with van der Waals surface area (Å²) in [6, 6.07) is 5.74. The SMILES string of the molecule is NS(=O)(=O)CC1CC(=O)N(c2ccnn2Cc2cccs2)C1. The third-order valence-electron chi connectivity index (χ3n) is 3.53. The zero-order valence-corrected chi connectivity index (χ0v) is 13.4. The van der Waals surface area contributed by atoms with E-state index in [4.69, 9.17) is 5.14 Å². The summed E-state index contributed by atoms with van der Waals surface area (Å²) in [4.78, 5) is 14.9. The summed E-state index contributed by atoms with van der Waals surface area (Å²) in [6.07, 6.45) is 1.84. The molecule has 9 heteroatoms. The maximum Gasteiger partial charge on any atom is 0.228 e. The molecule has 1 aliphatic heterocycles. The van der Waals surface area contributed by atoms with Crippen LogP contribution in [0.2, 0.25) is 0 Å². The number of primary sulfonamides is 1. The van der Waals surface area contributed by atoms with Crippen LogP contribution in [0.3, 0.4) is 0 Å². The van der Waals surface area contributed by atoms with Gasteiger partial charge in [0.05, 0.1) is 18.5 Å². The molecule has 1 atom stereocenters. The number of aromatic nitrogens is 2. The lowest BCUT2D eigenvalue weighted by Crippen LogP contribution is -2.29. The zero-order valence-electron chi connectivity index (χ0n) is 11.8. The van der Waals surface area contributed by atoms with Gasteiger partial charge in [-0.15, -0.1) is 11.3 Å². The van der Waals surface area contributed by atoms with Gasteiger partial charge in [0.2, 0.25) is 15.9 Å². The van der Waals surface area contributed by atoms with E-state index < -0.39 is 10.0 Å². The highest BCUT2D eigenvalue weighted by molar-refractivity contribution is 7.89. The Bertz CT molecular complexity index is 767. The van der Waals surface area contributed by atoms with Crippen molar-refractivity contribution in [1.82, 2.24) is 9.78 Å². The number of sulfonamides is 1. The first-order valence-corrected chi connectivity index (χ1v) is 9.37. The van der Waals surface area contributed by atoms with Crippen LogP contribution in [0.25, 0.3) is 0 Å². The number of nitrogens with zero attached hydrogens (tertiary/aromatic N) is 3. The second-order valence-corrected chi connectivity index (χ2v) is 8.02. The van der Waals surface area contributed by atoms with Crippen molar-refractivity contribution in [3.8, 4) is 0 Å². The summed E-state index contributed by atoms with van der Waals surface area (Å²) >= 11 is 1.62. The molecule has 0 aliphatic carbocycles. The molecule has 0 saturated carbocycles. The number of hydrogen-bond donors (Lipinski definition) is 1. The fourth-order valence-electron chi connectivity index (χ4n) is 2.67. The molecule has 0 spiro atoms. The quantitative estimate of drug-likeness (QED) is 0.863. The van der Waals surface area contributed by atoms with Gasteiger partial charge in [0, 0.05) is 29.8 Å². The first-order valence-electron chi connectivity index (χ1n) is 6.77. The van der Waals surface area contributed by atoms with Gasteiger partial charge in [-0.1, -0.05) is 6.07 Å². The van der Waals surface area contributed by atoms with Crippen molar-refractivity contribution in [2.45, 2.75) is 13.0 Å². The van der Waals surface area contributed by atoms with Crippen molar-refractivity contribution >= 4 is 33.1 Å². The van der Waals surface area contributed by atoms with E-state index >= 15 is 0 Å². The van der Waals surface area contributed by atoms with Gasteiger partial charge >= 0.3 is 0 Å². The van der Waals surface area contributed by atoms with Crippen LogP contribution in [0.1, 0.15) is 11.3 Å². The lowest BCUT2D eigenvalue weighted by molar-refractivity contribution is -0.117. The van der Waals surface area contributed by atoms with Crippen molar-refractivity contribution in [2.24, 2.45) is 11.1 Å². The highest BCUT2D eigenvalue weighted by atomic mass is 32.2. The predicted octanol–water partition coefficient (Wildman–Crippen LogP) is 0.634. The zero-order chi connectivity index (χ0) is 15.7. The Hall–Kier alpha value is -1.71. The van der Waals surface area contributed by atoms with Crippen LogP contribution in [0.5, 0.6) is 0 Å². The van der Waals surface area contributed by atoms with Gasteiger partial charge < -0.3 is 0 Å². The van der Waals surface area contributed by atoms with Gasteiger partial charge in [0.1, 0.15) is 5.82 Å². The van der Waals surface area contributed by atoms with Crippen LogP contribution in [0.4, 0.5) is 5.82 Å². The van der Waals surface area contributed by atoms with E-state index in [0.29, 0.717) is 18.9 Å². The molecule has 1 amide bonds. The van der Waals surface area contributed by atoms with Crippen LogP contribution < -0.4 is 10.0 Å². The summed E-state index contributed by atoms with van der Waals surface area (Å²) in [5.74, 6) is 0.151. The summed E-state index contributed by atoms with van der Waals surface area (Å²) in [5, 5.41) is 11.3. The van der Waals surface area contributed by atoms with E-state index in [2.05, 4.69) is 5.10 Å². The van der Waals surface area contributed by atoms with Crippen molar-refractivity contribution in [3.05, 3.63) is 34.7 Å². The highest BCUT2D eigenvalue weighted by Gasteiger charge is 2.34. The summed E-state index contributed by atoms with van der Waals surface area (Å²) in [6.45, 7) is 0.940. The van der Waals surface area contributed by atoms with Gasteiger partial charge in [-0.05, 0) is 11.4 Å². The molecule has 2 N–H and O–H groups in total. The monoisotopic (exact) mass is 340 g/mol. The average Bonchev–Trinajstić information content (AvgIpc) is 3.10. The molecule has 7 nitrogen and oxygen atoms in total. The predicted molar refractivity (Wildman–Crippen MR) is 84.1 cm³/mol. The lowest BCUT2D eigenvalue weighted by atomic mass is 10.1. The topological polar surface area (TPSA) is 98.3 Å². The molecule has 0 bridgehead atoms. The van der Waals surface area contributed by atoms with E-state index in [-0.39, 0.29) is 24.0 Å². The normalized spacial score (nSPS) is 19.0. The van der Waals surface area contributed by atoms with Gasteiger partial charge in [-0.2, -0.15) is 5.10 Å². The summed E-state index contributed by atoms with van der Waals surface area (Å²) < 4.78 is 24.1. The highest BCUT2D eigenvalue weighted by Crippen LogP contribution is 2.26. The number of thiophene rings is 1. The van der Waals surface area contributed by atoms with Gasteiger partial charge in [0.25, 0.3) is 0 Å². The standard InChI is InChI=1S/C13H16N4O3S2/c14-22(19,20)9-10-6-13(18)16(7-10)12-3-4-15-17(12)8-11-2-1-5-21-11/h1-5,10H,6-9H2,(H2,14,19,20). The third-order valence-corrected chi connectivity index (χ3v) is 5.33. The Morgan fingerprint density at radius 1 is 1.41 bits per heavy atom. The fraction of sp³-hybridized carbons (Fsp3) is 0.385. The second kappa shape index (κ2) is 5.82. The molecule has 3 rings (SSSR count). The first-order chi connectivity index (χ1) is 10.4. The minimum Gasteiger partial charge on any atom is -0.297 e. The first kappa shape index (κ1) is 15.2. The molecular weight excluding hydrogens is 324 g/mol. The number of carbonyl (C=O) groups excluding carboxylic acids is 1. The fourth-order valence-corrected chi connectivity index (χ4v) is 4.24. The number of hydrogen-bond acceptors (Lipinski definition) is 5. The van der Waals surface area contributed by atoms with E-state index in [1.807, 2.05) is 17.5 Å². The van der Waals surface area contributed by atoms with Crippen LogP contribution in [0.15, 0.2) is 29.8 Å². The summed E-state index contributed by atoms with van der Waals surface area (Å²) in [7, 11) is -3.57. The largest absolute Gasteiger partial charge is 0.297 e. The number of amides is 1. The van der Waals surface area contributed by atoms with Crippen LogP contribution in [-0.4, -0.2) is 36.4 Å². The Kier molecular flexibility index (Phi) is 4.02. The van der Waals surface area contributed by atoms with Crippen molar-refractivity contribution in [3.63, 3.8) is 0 Å². The molecule has 2 aromatic rings. The molecule has 2 aromatic heterocycles. The lowest BCUT2D eigenvalue weighted by Gasteiger charge is -2.17. The molecule has 0 radical (unpaired) electrons. The van der Waals surface area contributed by atoms with Crippen molar-refractivity contribution in [1.29, 1.82) is 0 Å². The smallest absolute Gasteiger partial charge is 0.228 e. The molecule has 118 valence electrons. The minimum absolute atomic E-state index is 0.0958. The maximum atomic E-state index is 12.2. The van der Waals surface area contributed by atoms with Crippen LogP contribution in [0, 0.1) is 5.92 Å². The van der Waals surface area contributed by atoms with Crippen LogP contribution >= 0.6 is 11.3 Å². The van der Waals surface area contributed by atoms with Crippen molar-refractivity contribution < 1.29 is 13.2 Å². The second-order valence-electron chi connectivity index (χ2n) is 5.33. The average molecular weight is 340 g/mol. The molecule has 1 unspecified atom stereocenters. The van der Waals surface area contributed by atoms with Gasteiger partial charge in [0.15, 0.2) is 0 Å². The number of rotatable bonds is 5. The molecule has 0 aromatic carbocycles. The molecule has 1 saturated heterocycles. The Morgan fingerprint density at radius 2 is 2.23 bits per heavy atom. The van der Waals surface area contributed by atoms with E-state index in [9.17, 15) is 13.2 Å². The Labute approximate surface area is 132 Å². The Morgan fingerprint density at radius 3 is 2.91 bits per heavy atom. The van der Waals surface area contributed by atoms with Gasteiger partial charge in [-0.25, -0.2) is 18.2 Å². The van der Waals surface area contributed by atoms with Crippen LogP contribution in [-0.2, 0) is 21.4 Å². The minimum atomic E-state index is -3.57. The van der Waals surface area contributed by atoms with E-state index in [0.717, 1.165) is 4.88 Å². The number of anilines is 1. The number of nitrogens with two attached hydrogens (primary N) is 1. The molecule has 1 aliphatic rings. The maximum absolute atomic E-state index is 12.2. The third kappa shape index (κ3) is 3.37. The van der Waals surface area contributed by atoms with E-state index in [1.165, 1.54) is 0 Å².